The lowest BCUT2D eigenvalue weighted by Gasteiger charge is -2.09. The Labute approximate surface area is 200 Å². The predicted molar refractivity (Wildman–Crippen MR) is 137 cm³/mol. The van der Waals surface area contributed by atoms with E-state index < -0.39 is 0 Å². The van der Waals surface area contributed by atoms with Crippen LogP contribution in [-0.4, -0.2) is 20.9 Å². The molecule has 7 nitrogen and oxygen atoms in total. The third-order valence-corrected chi connectivity index (χ3v) is 5.71. The largest absolute Gasteiger partial charge is 0.455 e. The van der Waals surface area contributed by atoms with Crippen molar-refractivity contribution in [2.75, 3.05) is 10.6 Å². The number of nitrogens with one attached hydrogen (secondary N) is 2. The minimum absolute atomic E-state index is 0.187. The summed E-state index contributed by atoms with van der Waals surface area (Å²) in [5.74, 6) is 0.463. The molecule has 0 saturated heterocycles. The maximum absolute atomic E-state index is 12.3. The number of aromatic nitrogens is 3. The van der Waals surface area contributed by atoms with E-state index in [0.29, 0.717) is 17.1 Å². The van der Waals surface area contributed by atoms with Crippen molar-refractivity contribution in [2.24, 2.45) is 0 Å². The fourth-order valence-electron chi connectivity index (χ4n) is 4.01. The average Bonchev–Trinajstić information content (AvgIpc) is 3.29. The van der Waals surface area contributed by atoms with Gasteiger partial charge in [-0.05, 0) is 48.5 Å². The summed E-state index contributed by atoms with van der Waals surface area (Å²) in [5, 5.41) is 8.30. The summed E-state index contributed by atoms with van der Waals surface area (Å²) < 4.78 is 6.15. The first kappa shape index (κ1) is 20.6. The number of para-hydroxylation sites is 2. The molecule has 6 aromatic rings. The highest BCUT2D eigenvalue weighted by Crippen LogP contribution is 2.35. The van der Waals surface area contributed by atoms with E-state index in [1.54, 1.807) is 24.5 Å². The van der Waals surface area contributed by atoms with E-state index in [1.165, 1.54) is 6.33 Å². The molecule has 3 aromatic heterocycles. The van der Waals surface area contributed by atoms with Crippen LogP contribution in [-0.2, 0) is 0 Å². The van der Waals surface area contributed by atoms with Gasteiger partial charge in [-0.15, -0.1) is 0 Å². The molecule has 3 aromatic carbocycles. The molecule has 0 spiro atoms. The van der Waals surface area contributed by atoms with Crippen molar-refractivity contribution in [1.29, 1.82) is 0 Å². The van der Waals surface area contributed by atoms with Crippen LogP contribution in [0.1, 0.15) is 10.4 Å². The second kappa shape index (κ2) is 8.72. The number of rotatable bonds is 5. The molecule has 35 heavy (non-hydrogen) atoms. The summed E-state index contributed by atoms with van der Waals surface area (Å²) in [7, 11) is 0. The standard InChI is InChI=1S/C28H19N5O2/c34-28(18-12-14-29-15-13-18)33-20-10-8-19(9-11-20)32-26-16-24(30-17-31-26)23-6-3-5-22-21-4-1-2-7-25(21)35-27(22)23/h1-17H,(H,33,34)(H,30,31,32). The van der Waals surface area contributed by atoms with Crippen molar-refractivity contribution >= 4 is 45.0 Å². The van der Waals surface area contributed by atoms with Crippen LogP contribution in [0, 0.1) is 0 Å². The maximum atomic E-state index is 12.3. The Bertz CT molecular complexity index is 1660. The number of hydrogen-bond donors (Lipinski definition) is 2. The van der Waals surface area contributed by atoms with Crippen LogP contribution in [0.3, 0.4) is 0 Å². The monoisotopic (exact) mass is 457 g/mol. The first-order valence-corrected chi connectivity index (χ1v) is 11.1. The van der Waals surface area contributed by atoms with Gasteiger partial charge in [-0.1, -0.05) is 30.3 Å². The quantitative estimate of drug-likeness (QED) is 0.310. The number of furan rings is 1. The molecule has 0 unspecified atom stereocenters. The molecular weight excluding hydrogens is 438 g/mol. The Balaban J connectivity index is 1.24. The van der Waals surface area contributed by atoms with Crippen LogP contribution in [0.25, 0.3) is 33.2 Å². The highest BCUT2D eigenvalue weighted by Gasteiger charge is 2.13. The number of amides is 1. The highest BCUT2D eigenvalue weighted by molar-refractivity contribution is 6.09. The molecule has 0 fully saturated rings. The molecule has 7 heteroatoms. The smallest absolute Gasteiger partial charge is 0.255 e. The molecule has 0 radical (unpaired) electrons. The maximum Gasteiger partial charge on any atom is 0.255 e. The molecule has 2 N–H and O–H groups in total. The highest BCUT2D eigenvalue weighted by atomic mass is 16.3. The molecule has 6 rings (SSSR count). The zero-order chi connectivity index (χ0) is 23.6. The first-order valence-electron chi connectivity index (χ1n) is 11.1. The Morgan fingerprint density at radius 2 is 1.54 bits per heavy atom. The molecule has 1 amide bonds. The van der Waals surface area contributed by atoms with Gasteiger partial charge in [0.15, 0.2) is 0 Å². The van der Waals surface area contributed by atoms with Crippen molar-refractivity contribution in [3.63, 3.8) is 0 Å². The SMILES string of the molecule is O=C(Nc1ccc(Nc2cc(-c3cccc4c3oc3ccccc34)ncn2)cc1)c1ccncc1. The van der Waals surface area contributed by atoms with Gasteiger partial charge in [0.05, 0.1) is 5.69 Å². The number of pyridine rings is 1. The minimum Gasteiger partial charge on any atom is -0.455 e. The number of fused-ring (bicyclic) bond motifs is 3. The van der Waals surface area contributed by atoms with Crippen LogP contribution >= 0.6 is 0 Å². The van der Waals surface area contributed by atoms with Crippen LogP contribution in [0.15, 0.2) is 108 Å². The molecule has 0 aliphatic heterocycles. The number of carbonyl (C=O) groups is 1. The topological polar surface area (TPSA) is 92.9 Å². The third-order valence-electron chi connectivity index (χ3n) is 5.71. The fourth-order valence-corrected chi connectivity index (χ4v) is 4.01. The van der Waals surface area contributed by atoms with Crippen molar-refractivity contribution in [2.45, 2.75) is 0 Å². The molecule has 0 aliphatic carbocycles. The van der Waals surface area contributed by atoms with Crippen LogP contribution < -0.4 is 10.6 Å². The van der Waals surface area contributed by atoms with E-state index in [-0.39, 0.29) is 5.91 Å². The number of benzene rings is 3. The van der Waals surface area contributed by atoms with E-state index in [0.717, 1.165) is 38.9 Å². The van der Waals surface area contributed by atoms with Crippen molar-refractivity contribution in [3.05, 3.63) is 109 Å². The van der Waals surface area contributed by atoms with Gasteiger partial charge < -0.3 is 15.1 Å². The number of carbonyl (C=O) groups excluding carboxylic acids is 1. The van der Waals surface area contributed by atoms with Crippen LogP contribution in [0.4, 0.5) is 17.2 Å². The average molecular weight is 457 g/mol. The Kier molecular flexibility index (Phi) is 5.12. The molecule has 0 bridgehead atoms. The third kappa shape index (κ3) is 4.06. The lowest BCUT2D eigenvalue weighted by Crippen LogP contribution is -2.11. The lowest BCUT2D eigenvalue weighted by molar-refractivity contribution is 0.102. The zero-order valence-electron chi connectivity index (χ0n) is 18.5. The van der Waals surface area contributed by atoms with Gasteiger partial charge in [0.2, 0.25) is 0 Å². The zero-order valence-corrected chi connectivity index (χ0v) is 18.5. The second-order valence-electron chi connectivity index (χ2n) is 7.96. The lowest BCUT2D eigenvalue weighted by atomic mass is 10.1. The Morgan fingerprint density at radius 3 is 2.40 bits per heavy atom. The van der Waals surface area contributed by atoms with E-state index in [4.69, 9.17) is 4.42 Å². The van der Waals surface area contributed by atoms with E-state index in [9.17, 15) is 4.79 Å². The van der Waals surface area contributed by atoms with E-state index in [2.05, 4.69) is 37.7 Å². The van der Waals surface area contributed by atoms with Gasteiger partial charge in [0.25, 0.3) is 5.91 Å². The summed E-state index contributed by atoms with van der Waals surface area (Å²) in [5.41, 5.74) is 5.38. The molecule has 0 saturated carbocycles. The fraction of sp³-hybridized carbons (Fsp3) is 0. The van der Waals surface area contributed by atoms with Crippen molar-refractivity contribution in [1.82, 2.24) is 15.0 Å². The van der Waals surface area contributed by atoms with Crippen molar-refractivity contribution in [3.8, 4) is 11.3 Å². The Hall–Kier alpha value is -5.04. The van der Waals surface area contributed by atoms with Gasteiger partial charge >= 0.3 is 0 Å². The number of nitrogens with zero attached hydrogens (tertiary/aromatic N) is 3. The summed E-state index contributed by atoms with van der Waals surface area (Å²) >= 11 is 0. The molecular formula is C28H19N5O2. The van der Waals surface area contributed by atoms with E-state index >= 15 is 0 Å². The van der Waals surface area contributed by atoms with E-state index in [1.807, 2.05) is 60.7 Å². The number of hydrogen-bond acceptors (Lipinski definition) is 6. The minimum atomic E-state index is -0.187. The molecule has 0 atom stereocenters. The molecule has 0 aliphatic rings. The summed E-state index contributed by atoms with van der Waals surface area (Å²) in [6.07, 6.45) is 4.71. The first-order chi connectivity index (χ1) is 17.2. The van der Waals surface area contributed by atoms with Crippen molar-refractivity contribution < 1.29 is 9.21 Å². The van der Waals surface area contributed by atoms with Gasteiger partial charge in [0.1, 0.15) is 23.3 Å². The van der Waals surface area contributed by atoms with Crippen LogP contribution in [0.5, 0.6) is 0 Å². The summed E-state index contributed by atoms with van der Waals surface area (Å²) in [6.45, 7) is 0. The van der Waals surface area contributed by atoms with Gasteiger partial charge in [-0.2, -0.15) is 0 Å². The van der Waals surface area contributed by atoms with Gasteiger partial charge in [0, 0.05) is 51.7 Å². The predicted octanol–water partition coefficient (Wildman–Crippen LogP) is 6.43. The van der Waals surface area contributed by atoms with Gasteiger partial charge in [-0.3, -0.25) is 9.78 Å². The number of anilines is 3. The Morgan fingerprint density at radius 1 is 0.771 bits per heavy atom. The van der Waals surface area contributed by atoms with Gasteiger partial charge in [-0.25, -0.2) is 9.97 Å². The summed E-state index contributed by atoms with van der Waals surface area (Å²) in [6, 6.07) is 26.7. The van der Waals surface area contributed by atoms with Crippen LogP contribution in [0.2, 0.25) is 0 Å². The molecule has 3 heterocycles. The summed E-state index contributed by atoms with van der Waals surface area (Å²) in [4.78, 5) is 25.1. The molecule has 168 valence electrons. The normalized spacial score (nSPS) is 11.0. The second-order valence-corrected chi connectivity index (χ2v) is 7.96.